The van der Waals surface area contributed by atoms with Gasteiger partial charge in [0.2, 0.25) is 9.84 Å². The van der Waals surface area contributed by atoms with Crippen molar-refractivity contribution in [3.63, 3.8) is 0 Å². The molecule has 0 aliphatic heterocycles. The molecule has 0 atom stereocenters. The molecular weight excluding hydrogens is 594 g/mol. The highest BCUT2D eigenvalue weighted by Gasteiger charge is 2.17. The van der Waals surface area contributed by atoms with Gasteiger partial charge in [-0.05, 0) is 90.5 Å². The summed E-state index contributed by atoms with van der Waals surface area (Å²) in [5, 5.41) is 45.3. The van der Waals surface area contributed by atoms with E-state index in [0.29, 0.717) is 43.2 Å². The Morgan fingerprint density at radius 1 is 0.511 bits per heavy atom. The van der Waals surface area contributed by atoms with E-state index in [0.717, 1.165) is 16.9 Å². The smallest absolute Gasteiger partial charge is 0.206 e. The van der Waals surface area contributed by atoms with Crippen LogP contribution in [-0.4, -0.2) is 87.7 Å². The first-order chi connectivity index (χ1) is 21.9. The van der Waals surface area contributed by atoms with Crippen molar-refractivity contribution >= 4 is 44.5 Å². The van der Waals surface area contributed by atoms with E-state index >= 15 is 0 Å². The molecule has 4 N–H and O–H groups in total. The lowest BCUT2D eigenvalue weighted by molar-refractivity contribution is 0.280. The highest BCUT2D eigenvalue weighted by Crippen LogP contribution is 2.27. The molecule has 11 nitrogen and oxygen atoms in total. The van der Waals surface area contributed by atoms with Gasteiger partial charge < -0.3 is 30.2 Å². The van der Waals surface area contributed by atoms with Crippen LogP contribution in [0.25, 0.3) is 0 Å². The molecule has 0 aliphatic carbocycles. The third-order valence-corrected chi connectivity index (χ3v) is 8.68. The molecule has 236 valence electrons. The highest BCUT2D eigenvalue weighted by molar-refractivity contribution is 7.91. The fourth-order valence-corrected chi connectivity index (χ4v) is 5.79. The summed E-state index contributed by atoms with van der Waals surface area (Å²) >= 11 is 0. The first kappa shape index (κ1) is 33.4. The van der Waals surface area contributed by atoms with Crippen LogP contribution in [0.1, 0.15) is 5.56 Å². The number of nitrogens with zero attached hydrogens (tertiary/aromatic N) is 5. The van der Waals surface area contributed by atoms with Crippen LogP contribution >= 0.6 is 0 Å². The fraction of sp³-hybridized carbons (Fsp3) is 0.242. The van der Waals surface area contributed by atoms with E-state index in [1.807, 2.05) is 46.2 Å². The minimum Gasteiger partial charge on any atom is -0.395 e. The molecule has 0 bridgehead atoms. The lowest BCUT2D eigenvalue weighted by Crippen LogP contribution is -2.29. The summed E-state index contributed by atoms with van der Waals surface area (Å²) in [5.41, 5.74) is 4.27. The number of hydrogen-bond donors (Lipinski definition) is 4. The van der Waals surface area contributed by atoms with Crippen LogP contribution in [0, 0.1) is 0 Å². The number of hydrogen-bond acceptors (Lipinski definition) is 11. The molecule has 12 heteroatoms. The Balaban J connectivity index is 1.38. The van der Waals surface area contributed by atoms with Crippen molar-refractivity contribution in [3.05, 3.63) is 103 Å². The molecule has 4 aromatic rings. The van der Waals surface area contributed by atoms with Gasteiger partial charge in [-0.2, -0.15) is 10.2 Å². The molecule has 0 saturated carbocycles. The predicted molar refractivity (Wildman–Crippen MR) is 175 cm³/mol. The minimum atomic E-state index is -3.76. The Bertz CT molecular complexity index is 1510. The third-order valence-electron chi connectivity index (χ3n) is 6.89. The summed E-state index contributed by atoms with van der Waals surface area (Å²) < 4.78 is 26.4. The fourth-order valence-electron chi connectivity index (χ4n) is 4.53. The van der Waals surface area contributed by atoms with Gasteiger partial charge in [0.05, 0.1) is 53.3 Å². The third kappa shape index (κ3) is 9.27. The van der Waals surface area contributed by atoms with Crippen LogP contribution in [0.4, 0.5) is 28.4 Å². The molecule has 45 heavy (non-hydrogen) atoms. The van der Waals surface area contributed by atoms with E-state index in [-0.39, 0.29) is 36.2 Å². The van der Waals surface area contributed by atoms with Crippen molar-refractivity contribution in [3.8, 4) is 0 Å². The maximum atomic E-state index is 13.2. The first-order valence-corrected chi connectivity index (χ1v) is 15.9. The van der Waals surface area contributed by atoms with E-state index in [1.54, 1.807) is 42.6 Å². The second kappa shape index (κ2) is 16.6. The van der Waals surface area contributed by atoms with Crippen molar-refractivity contribution in [1.29, 1.82) is 0 Å². The zero-order valence-corrected chi connectivity index (χ0v) is 25.5. The normalized spacial score (nSPS) is 11.8. The topological polar surface area (TPSA) is 159 Å². The summed E-state index contributed by atoms with van der Waals surface area (Å²) in [6.45, 7) is 1.59. The van der Waals surface area contributed by atoms with Crippen molar-refractivity contribution in [1.82, 2.24) is 0 Å². The van der Waals surface area contributed by atoms with E-state index in [2.05, 4.69) is 15.2 Å². The highest BCUT2D eigenvalue weighted by atomic mass is 32.2. The summed E-state index contributed by atoms with van der Waals surface area (Å²) in [6, 6.07) is 27.2. The molecule has 0 aromatic heterocycles. The Hall–Kier alpha value is -4.46. The van der Waals surface area contributed by atoms with Gasteiger partial charge in [-0.15, -0.1) is 0 Å². The van der Waals surface area contributed by atoms with Crippen molar-refractivity contribution in [2.24, 2.45) is 15.2 Å². The second-order valence-electron chi connectivity index (χ2n) is 9.93. The Morgan fingerprint density at radius 2 is 0.867 bits per heavy atom. The largest absolute Gasteiger partial charge is 0.395 e. The van der Waals surface area contributed by atoms with Gasteiger partial charge in [-0.3, -0.25) is 4.99 Å². The second-order valence-corrected chi connectivity index (χ2v) is 11.9. The Kier molecular flexibility index (Phi) is 12.3. The van der Waals surface area contributed by atoms with Gasteiger partial charge in [-0.1, -0.05) is 12.1 Å². The number of aliphatic hydroxyl groups is 4. The summed E-state index contributed by atoms with van der Waals surface area (Å²) in [4.78, 5) is 8.46. The molecule has 0 heterocycles. The lowest BCUT2D eigenvalue weighted by atomic mass is 10.2. The molecule has 4 rings (SSSR count). The van der Waals surface area contributed by atoms with Gasteiger partial charge in [0.1, 0.15) is 0 Å². The average molecular weight is 632 g/mol. The average Bonchev–Trinajstić information content (AvgIpc) is 3.07. The quantitative estimate of drug-likeness (QED) is 0.105. The van der Waals surface area contributed by atoms with E-state index in [1.165, 1.54) is 24.3 Å². The Labute approximate surface area is 263 Å². The zero-order chi connectivity index (χ0) is 32.1. The van der Waals surface area contributed by atoms with Gasteiger partial charge >= 0.3 is 0 Å². The molecule has 0 aliphatic rings. The van der Waals surface area contributed by atoms with Crippen LogP contribution in [0.15, 0.2) is 122 Å². The first-order valence-electron chi connectivity index (χ1n) is 14.4. The standard InChI is InChI=1S/C33H37N5O6S/c39-21-17-37(18-22-40)30-9-1-26(2-10-30)25-34-27-5-13-32(14-6-27)45(43,44)33-15-7-29(8-16-33)36-35-28-3-11-31(12-4-28)38(19-23-41)20-24-42/h1-16,25,39-42H,17-24H2. The van der Waals surface area contributed by atoms with Gasteiger partial charge in [0.15, 0.2) is 0 Å². The van der Waals surface area contributed by atoms with E-state index in [9.17, 15) is 28.8 Å². The summed E-state index contributed by atoms with van der Waals surface area (Å²) in [5.74, 6) is 0. The van der Waals surface area contributed by atoms with Crippen molar-refractivity contribution in [2.45, 2.75) is 9.79 Å². The zero-order valence-electron chi connectivity index (χ0n) is 24.7. The maximum Gasteiger partial charge on any atom is 0.206 e. The number of benzene rings is 4. The lowest BCUT2D eigenvalue weighted by Gasteiger charge is -2.22. The Morgan fingerprint density at radius 3 is 1.27 bits per heavy atom. The predicted octanol–water partition coefficient (Wildman–Crippen LogP) is 4.27. The maximum absolute atomic E-state index is 13.2. The van der Waals surface area contributed by atoms with Gasteiger partial charge in [0.25, 0.3) is 0 Å². The SMILES string of the molecule is O=S(=O)(c1ccc(N=Cc2ccc(N(CCO)CCO)cc2)cc1)c1ccc(N=Nc2ccc(N(CCO)CCO)cc2)cc1. The molecular formula is C33H37N5O6S. The molecule has 0 radical (unpaired) electrons. The number of aliphatic imine (C=N–C) groups is 1. The van der Waals surface area contributed by atoms with Crippen LogP contribution in [0.5, 0.6) is 0 Å². The summed E-state index contributed by atoms with van der Waals surface area (Å²) in [6.07, 6.45) is 1.68. The molecule has 0 amide bonds. The molecule has 0 fully saturated rings. The van der Waals surface area contributed by atoms with Crippen molar-refractivity contribution < 1.29 is 28.8 Å². The number of azo groups is 1. The minimum absolute atomic E-state index is 0.0107. The number of anilines is 2. The summed E-state index contributed by atoms with van der Waals surface area (Å²) in [7, 11) is -3.76. The van der Waals surface area contributed by atoms with Crippen LogP contribution in [0.3, 0.4) is 0 Å². The number of aliphatic hydroxyl groups excluding tert-OH is 4. The van der Waals surface area contributed by atoms with Crippen molar-refractivity contribution in [2.75, 3.05) is 62.4 Å². The number of sulfone groups is 1. The van der Waals surface area contributed by atoms with Crippen LogP contribution < -0.4 is 9.80 Å². The van der Waals surface area contributed by atoms with Gasteiger partial charge in [0, 0.05) is 43.8 Å². The van der Waals surface area contributed by atoms with E-state index < -0.39 is 9.84 Å². The molecule has 0 unspecified atom stereocenters. The number of rotatable bonds is 16. The molecule has 0 spiro atoms. The molecule has 4 aromatic carbocycles. The molecule has 0 saturated heterocycles. The van der Waals surface area contributed by atoms with Crippen LogP contribution in [0.2, 0.25) is 0 Å². The van der Waals surface area contributed by atoms with Crippen LogP contribution in [-0.2, 0) is 9.84 Å². The van der Waals surface area contributed by atoms with E-state index in [4.69, 9.17) is 0 Å². The van der Waals surface area contributed by atoms with Gasteiger partial charge in [-0.25, -0.2) is 8.42 Å². The monoisotopic (exact) mass is 631 g/mol.